The van der Waals surface area contributed by atoms with Crippen molar-refractivity contribution in [2.45, 2.75) is 81.6 Å². The van der Waals surface area contributed by atoms with Gasteiger partial charge in [-0.25, -0.2) is 13.9 Å². The number of aromatic nitrogens is 6. The number of imide groups is 1. The van der Waals surface area contributed by atoms with Crippen molar-refractivity contribution in [3.8, 4) is 28.3 Å². The zero-order valence-corrected chi connectivity index (χ0v) is 37.2. The van der Waals surface area contributed by atoms with Crippen LogP contribution < -0.4 is 15.5 Å². The molecule has 3 amide bonds. The lowest BCUT2D eigenvalue weighted by Gasteiger charge is -2.56. The Bertz CT molecular complexity index is 2850. The summed E-state index contributed by atoms with van der Waals surface area (Å²) in [5, 5.41) is 24.8. The van der Waals surface area contributed by atoms with Crippen LogP contribution in [0.5, 0.6) is 0 Å². The number of nitrogens with zero attached hydrogens (tertiary/aromatic N) is 11. The molecular weight excluding hydrogens is 850 g/mol. The van der Waals surface area contributed by atoms with Crippen molar-refractivity contribution >= 4 is 34.7 Å². The fraction of sp³-hybridized carbons (Fsp3) is 0.400. The second-order valence-corrected chi connectivity index (χ2v) is 18.7. The zero-order valence-electron chi connectivity index (χ0n) is 37.2. The van der Waals surface area contributed by atoms with E-state index in [9.17, 15) is 19.6 Å². The van der Waals surface area contributed by atoms with E-state index < -0.39 is 11.9 Å². The third-order valence-corrected chi connectivity index (χ3v) is 14.6. The van der Waals surface area contributed by atoms with Crippen molar-refractivity contribution in [1.29, 1.82) is 5.26 Å². The van der Waals surface area contributed by atoms with Crippen molar-refractivity contribution in [2.24, 2.45) is 0 Å². The van der Waals surface area contributed by atoms with Gasteiger partial charge in [-0.3, -0.25) is 39.2 Å². The molecule has 6 fully saturated rings. The molecule has 2 N–H and O–H groups in total. The van der Waals surface area contributed by atoms with Crippen LogP contribution in [-0.4, -0.2) is 126 Å². The fourth-order valence-corrected chi connectivity index (χ4v) is 10.9. The lowest BCUT2D eigenvalue weighted by Crippen LogP contribution is -2.68. The highest BCUT2D eigenvalue weighted by atomic mass is 19.1. The maximum absolute atomic E-state index is 15.3. The summed E-state index contributed by atoms with van der Waals surface area (Å²) in [5.41, 5.74) is 7.28. The van der Waals surface area contributed by atoms with Crippen molar-refractivity contribution in [3.63, 3.8) is 0 Å². The molecule has 0 spiro atoms. The van der Waals surface area contributed by atoms with E-state index >= 15 is 4.39 Å². The molecule has 0 radical (unpaired) electrons. The molecule has 6 aliphatic heterocycles. The standard InChI is InChI=1S/C50H52FN13O3/c51-44-19-38(57-45-6-8-47(65)58-50(45)67)4-5-42(44)33-9-14-59(15-10-33)31-48(66)60-16-11-39(12-17-60)63-28-37(25-55-63)35-18-43(49-36(21-52)24-56-64(49)27-35)34-3-7-46(54-23-34)61-29-40-20-41(30-61)62(40)26-32-2-1-13-53-22-32/h1-5,7,13,18-19,22-25,27-28,33,39-41,45,57H,6,8-12,14-17,20,26,29-31H2,(H,58,65,67). The van der Waals surface area contributed by atoms with Gasteiger partial charge in [0.05, 0.1) is 36.1 Å². The Morgan fingerprint density at radius 3 is 2.43 bits per heavy atom. The Labute approximate surface area is 387 Å². The molecule has 17 heteroatoms. The van der Waals surface area contributed by atoms with Crippen molar-refractivity contribution in [2.75, 3.05) is 56.0 Å². The van der Waals surface area contributed by atoms with Gasteiger partial charge in [-0.05, 0) is 105 Å². The van der Waals surface area contributed by atoms with Gasteiger partial charge in [-0.2, -0.15) is 15.5 Å². The highest BCUT2D eigenvalue weighted by molar-refractivity contribution is 6.01. The van der Waals surface area contributed by atoms with Crippen LogP contribution in [0.25, 0.3) is 27.8 Å². The first-order valence-corrected chi connectivity index (χ1v) is 23.4. The van der Waals surface area contributed by atoms with Crippen LogP contribution in [0, 0.1) is 17.1 Å². The van der Waals surface area contributed by atoms with Gasteiger partial charge in [0.2, 0.25) is 17.7 Å². The third-order valence-electron chi connectivity index (χ3n) is 14.6. The highest BCUT2D eigenvalue weighted by Gasteiger charge is 2.44. The number of nitrogens with one attached hydrogen (secondary N) is 2. The SMILES string of the molecule is N#Cc1cnn2cc(-c3cnn(C4CCN(C(=O)CN5CCC(c6ccc(NC7CCC(=O)NC7=O)cc6F)CC5)CC4)c3)cc(-c3ccc(N4CC5CC(C4)N5Cc4cccnc4)nc3)c12. The second kappa shape index (κ2) is 18.0. The number of halogens is 1. The van der Waals surface area contributed by atoms with Crippen molar-refractivity contribution in [3.05, 3.63) is 114 Å². The molecule has 6 aromatic rings. The first kappa shape index (κ1) is 42.6. The Balaban J connectivity index is 0.688. The lowest BCUT2D eigenvalue weighted by molar-refractivity contribution is -0.135. The number of hydrogen-bond acceptors (Lipinski definition) is 12. The van der Waals surface area contributed by atoms with Crippen LogP contribution in [0.1, 0.15) is 73.6 Å². The van der Waals surface area contributed by atoms with Gasteiger partial charge in [0.25, 0.3) is 0 Å². The maximum Gasteiger partial charge on any atom is 0.249 e. The summed E-state index contributed by atoms with van der Waals surface area (Å²) < 4.78 is 19.1. The van der Waals surface area contributed by atoms with E-state index in [0.29, 0.717) is 68.0 Å². The summed E-state index contributed by atoms with van der Waals surface area (Å²) in [4.78, 5) is 55.5. The summed E-state index contributed by atoms with van der Waals surface area (Å²) in [6.45, 7) is 5.83. The second-order valence-electron chi connectivity index (χ2n) is 18.7. The number of fused-ring (bicyclic) bond motifs is 3. The van der Waals surface area contributed by atoms with Gasteiger partial charge in [0, 0.05) is 110 Å². The minimum Gasteiger partial charge on any atom is -0.374 e. The van der Waals surface area contributed by atoms with Gasteiger partial charge in [0.1, 0.15) is 23.7 Å². The molecule has 67 heavy (non-hydrogen) atoms. The number of likely N-dealkylation sites (tertiary alicyclic amines) is 2. The van der Waals surface area contributed by atoms with E-state index in [1.165, 1.54) is 18.1 Å². The van der Waals surface area contributed by atoms with E-state index in [1.54, 1.807) is 22.8 Å². The van der Waals surface area contributed by atoms with E-state index in [1.807, 2.05) is 46.6 Å². The summed E-state index contributed by atoms with van der Waals surface area (Å²) in [7, 11) is 0. The highest BCUT2D eigenvalue weighted by Crippen LogP contribution is 2.38. The number of hydrogen-bond donors (Lipinski definition) is 2. The largest absolute Gasteiger partial charge is 0.374 e. The van der Waals surface area contributed by atoms with Gasteiger partial charge in [-0.1, -0.05) is 12.1 Å². The number of rotatable bonds is 11. The van der Waals surface area contributed by atoms with Crippen LogP contribution in [0.3, 0.4) is 0 Å². The molecule has 2 bridgehead atoms. The number of piperidine rings is 4. The smallest absolute Gasteiger partial charge is 0.249 e. The monoisotopic (exact) mass is 901 g/mol. The van der Waals surface area contributed by atoms with Crippen LogP contribution in [0.4, 0.5) is 15.9 Å². The third kappa shape index (κ3) is 8.62. The molecule has 3 atom stereocenters. The fourth-order valence-electron chi connectivity index (χ4n) is 10.9. The van der Waals surface area contributed by atoms with E-state index in [-0.39, 0.29) is 36.0 Å². The number of anilines is 2. The first-order chi connectivity index (χ1) is 32.7. The summed E-state index contributed by atoms with van der Waals surface area (Å²) >= 11 is 0. The Morgan fingerprint density at radius 2 is 1.70 bits per heavy atom. The molecule has 6 saturated heterocycles. The van der Waals surface area contributed by atoms with Crippen LogP contribution in [-0.2, 0) is 20.9 Å². The molecule has 16 nitrogen and oxygen atoms in total. The number of piperazine rings is 1. The molecule has 0 aliphatic carbocycles. The molecule has 342 valence electrons. The van der Waals surface area contributed by atoms with Crippen molar-refractivity contribution in [1.82, 2.24) is 49.4 Å². The molecule has 6 aliphatic rings. The molecule has 12 rings (SSSR count). The zero-order chi connectivity index (χ0) is 45.6. The summed E-state index contributed by atoms with van der Waals surface area (Å²) in [5.74, 6) is 0.119. The van der Waals surface area contributed by atoms with E-state index in [2.05, 4.69) is 71.9 Å². The van der Waals surface area contributed by atoms with Crippen molar-refractivity contribution < 1.29 is 18.8 Å². The number of pyridine rings is 3. The molecule has 1 aromatic carbocycles. The Hall–Kier alpha value is -7.03. The maximum atomic E-state index is 15.3. The predicted molar refractivity (Wildman–Crippen MR) is 248 cm³/mol. The first-order valence-electron chi connectivity index (χ1n) is 23.4. The minimum absolute atomic E-state index is 0.0456. The van der Waals surface area contributed by atoms with E-state index in [4.69, 9.17) is 10.1 Å². The number of amides is 3. The number of nitriles is 1. The number of carbonyl (C=O) groups is 3. The van der Waals surface area contributed by atoms with Gasteiger partial charge < -0.3 is 15.1 Å². The quantitative estimate of drug-likeness (QED) is 0.159. The molecule has 3 unspecified atom stereocenters. The summed E-state index contributed by atoms with van der Waals surface area (Å²) in [6.07, 6.45) is 18.1. The average Bonchev–Trinajstić information content (AvgIpc) is 4.03. The minimum atomic E-state index is -0.570. The topological polar surface area (TPSA) is 173 Å². The number of benzene rings is 1. The normalized spacial score (nSPS) is 21.8. The average molecular weight is 902 g/mol. The molecule has 0 saturated carbocycles. The van der Waals surface area contributed by atoms with Gasteiger partial charge in [-0.15, -0.1) is 0 Å². The van der Waals surface area contributed by atoms with Gasteiger partial charge >= 0.3 is 0 Å². The Morgan fingerprint density at radius 1 is 0.866 bits per heavy atom. The molecular formula is C50H52FN13O3. The predicted octanol–water partition coefficient (Wildman–Crippen LogP) is 5.39. The lowest BCUT2D eigenvalue weighted by atomic mass is 9.87. The van der Waals surface area contributed by atoms with Gasteiger partial charge in [0.15, 0.2) is 0 Å². The summed E-state index contributed by atoms with van der Waals surface area (Å²) in [6, 6.07) is 18.3. The van der Waals surface area contributed by atoms with E-state index in [0.717, 1.165) is 78.9 Å². The molecule has 5 aromatic heterocycles. The van der Waals surface area contributed by atoms with Crippen LogP contribution in [0.2, 0.25) is 0 Å². The van der Waals surface area contributed by atoms with Crippen LogP contribution >= 0.6 is 0 Å². The molecule has 11 heterocycles. The Kier molecular flexibility index (Phi) is 11.4. The van der Waals surface area contributed by atoms with Crippen LogP contribution in [0.15, 0.2) is 91.9 Å². The number of carbonyl (C=O) groups excluding carboxylic acids is 3.